The zero-order valence-electron chi connectivity index (χ0n) is 18.5. The quantitative estimate of drug-likeness (QED) is 0.602. The van der Waals surface area contributed by atoms with Gasteiger partial charge in [0.2, 0.25) is 5.91 Å². The minimum atomic E-state index is -0.345. The van der Waals surface area contributed by atoms with E-state index >= 15 is 0 Å². The van der Waals surface area contributed by atoms with Crippen molar-refractivity contribution >= 4 is 23.3 Å². The van der Waals surface area contributed by atoms with Crippen LogP contribution in [0.5, 0.6) is 0 Å². The minimum Gasteiger partial charge on any atom is -0.324 e. The largest absolute Gasteiger partial charge is 0.324 e. The molecule has 0 fully saturated rings. The summed E-state index contributed by atoms with van der Waals surface area (Å²) < 4.78 is 1.93. The van der Waals surface area contributed by atoms with E-state index < -0.39 is 0 Å². The molecule has 162 valence electrons. The van der Waals surface area contributed by atoms with Crippen molar-refractivity contribution in [2.24, 2.45) is 0 Å². The van der Waals surface area contributed by atoms with Gasteiger partial charge in [0.1, 0.15) is 6.54 Å². The Labute approximate surface area is 183 Å². The number of anilines is 2. The van der Waals surface area contributed by atoms with E-state index in [1.165, 1.54) is 4.90 Å². The molecule has 0 bridgehead atoms. The highest BCUT2D eigenvalue weighted by Crippen LogP contribution is 2.16. The van der Waals surface area contributed by atoms with E-state index in [2.05, 4.69) is 15.7 Å². The number of carbonyl (C=O) groups is 2. The summed E-state index contributed by atoms with van der Waals surface area (Å²) in [5.74, 6) is -0.239. The summed E-state index contributed by atoms with van der Waals surface area (Å²) in [5.41, 5.74) is 5.60. The Kier molecular flexibility index (Phi) is 7.07. The summed E-state index contributed by atoms with van der Waals surface area (Å²) in [6.07, 6.45) is 0.820. The summed E-state index contributed by atoms with van der Waals surface area (Å²) in [5, 5.41) is 10.2. The average molecular weight is 420 g/mol. The molecule has 0 aliphatic rings. The van der Waals surface area contributed by atoms with Gasteiger partial charge in [-0.3, -0.25) is 9.48 Å². The number of nitrogens with zero attached hydrogens (tertiary/aromatic N) is 3. The fourth-order valence-electron chi connectivity index (χ4n) is 3.40. The summed E-state index contributed by atoms with van der Waals surface area (Å²) in [6, 6.07) is 17.0. The lowest BCUT2D eigenvalue weighted by atomic mass is 10.1. The number of aryl methyl sites for hydroxylation is 3. The minimum absolute atomic E-state index is 0.0463. The van der Waals surface area contributed by atoms with Gasteiger partial charge in [-0.1, -0.05) is 37.3 Å². The van der Waals surface area contributed by atoms with E-state index in [0.717, 1.165) is 34.6 Å². The van der Waals surface area contributed by atoms with Crippen LogP contribution < -0.4 is 10.6 Å². The van der Waals surface area contributed by atoms with Crippen LogP contribution in [0, 0.1) is 13.8 Å². The topological polar surface area (TPSA) is 79.3 Å². The van der Waals surface area contributed by atoms with Gasteiger partial charge in [-0.2, -0.15) is 5.10 Å². The molecule has 0 saturated heterocycles. The summed E-state index contributed by atoms with van der Waals surface area (Å²) in [4.78, 5) is 26.3. The van der Waals surface area contributed by atoms with Gasteiger partial charge in [0.15, 0.2) is 0 Å². The number of carbonyl (C=O) groups excluding carboxylic acids is 2. The second-order valence-electron chi connectivity index (χ2n) is 7.63. The highest BCUT2D eigenvalue weighted by Gasteiger charge is 2.14. The Balaban J connectivity index is 1.58. The summed E-state index contributed by atoms with van der Waals surface area (Å²) in [7, 11) is 1.60. The maximum Gasteiger partial charge on any atom is 0.322 e. The Hall–Kier alpha value is -3.61. The molecule has 3 rings (SSSR count). The maximum atomic E-state index is 12.6. The molecule has 2 N–H and O–H groups in total. The van der Waals surface area contributed by atoms with Crippen LogP contribution in [0.3, 0.4) is 0 Å². The smallest absolute Gasteiger partial charge is 0.322 e. The highest BCUT2D eigenvalue weighted by molar-refractivity contribution is 5.97. The molecule has 0 atom stereocenters. The molecular weight excluding hydrogens is 390 g/mol. The van der Waals surface area contributed by atoms with Crippen LogP contribution in [0.15, 0.2) is 54.6 Å². The predicted molar refractivity (Wildman–Crippen MR) is 123 cm³/mol. The molecule has 0 saturated carbocycles. The number of urea groups is 1. The Morgan fingerprint density at radius 2 is 1.81 bits per heavy atom. The maximum absolute atomic E-state index is 12.6. The molecule has 1 aromatic heterocycles. The third-order valence-corrected chi connectivity index (χ3v) is 5.01. The second kappa shape index (κ2) is 9.93. The first-order valence-corrected chi connectivity index (χ1v) is 10.4. The molecule has 7 heteroatoms. The van der Waals surface area contributed by atoms with Gasteiger partial charge in [0.05, 0.1) is 12.2 Å². The van der Waals surface area contributed by atoms with E-state index in [1.54, 1.807) is 7.05 Å². The molecule has 0 aliphatic heterocycles. The van der Waals surface area contributed by atoms with Crippen molar-refractivity contribution < 1.29 is 9.59 Å². The average Bonchev–Trinajstić information content (AvgIpc) is 3.05. The number of benzene rings is 2. The van der Waals surface area contributed by atoms with Gasteiger partial charge in [0, 0.05) is 24.1 Å². The third-order valence-electron chi connectivity index (χ3n) is 5.01. The lowest BCUT2D eigenvalue weighted by Gasteiger charge is -2.18. The van der Waals surface area contributed by atoms with Crippen molar-refractivity contribution in [2.45, 2.75) is 33.7 Å². The molecule has 1 heterocycles. The van der Waals surface area contributed by atoms with E-state index in [4.69, 9.17) is 0 Å². The molecular formula is C24H29N5O2. The van der Waals surface area contributed by atoms with Gasteiger partial charge in [-0.05, 0) is 55.7 Å². The van der Waals surface area contributed by atoms with Crippen molar-refractivity contribution in [3.8, 4) is 0 Å². The Morgan fingerprint density at radius 1 is 1.03 bits per heavy atom. The monoisotopic (exact) mass is 419 g/mol. The van der Waals surface area contributed by atoms with Crippen molar-refractivity contribution in [3.05, 3.63) is 77.1 Å². The number of para-hydroxylation sites is 1. The van der Waals surface area contributed by atoms with E-state index in [9.17, 15) is 9.59 Å². The van der Waals surface area contributed by atoms with Gasteiger partial charge in [-0.15, -0.1) is 0 Å². The number of amides is 3. The molecule has 3 aromatic rings. The first kappa shape index (κ1) is 22.1. The molecule has 0 spiro atoms. The highest BCUT2D eigenvalue weighted by atomic mass is 16.2. The number of nitrogens with one attached hydrogen (secondary N) is 2. The summed E-state index contributed by atoms with van der Waals surface area (Å²) in [6.45, 7) is 6.60. The lowest BCUT2D eigenvalue weighted by Crippen LogP contribution is -2.37. The van der Waals surface area contributed by atoms with Gasteiger partial charge < -0.3 is 15.5 Å². The predicted octanol–water partition coefficient (Wildman–Crippen LogP) is 4.21. The van der Waals surface area contributed by atoms with Crippen LogP contribution in [-0.4, -0.2) is 40.2 Å². The lowest BCUT2D eigenvalue weighted by molar-refractivity contribution is -0.116. The van der Waals surface area contributed by atoms with Crippen LogP contribution in [0.25, 0.3) is 0 Å². The fraction of sp³-hybridized carbons (Fsp3) is 0.292. The van der Waals surface area contributed by atoms with Gasteiger partial charge in [-0.25, -0.2) is 4.79 Å². The molecule has 0 unspecified atom stereocenters. The van der Waals surface area contributed by atoms with Gasteiger partial charge in [0.25, 0.3) is 0 Å². The van der Waals surface area contributed by atoms with Crippen molar-refractivity contribution in [3.63, 3.8) is 0 Å². The summed E-state index contributed by atoms with van der Waals surface area (Å²) >= 11 is 0. The first-order chi connectivity index (χ1) is 14.9. The molecule has 2 aromatic carbocycles. The molecule has 0 radical (unpaired) electrons. The number of rotatable bonds is 7. The number of aromatic nitrogens is 2. The normalized spacial score (nSPS) is 10.6. The molecule has 31 heavy (non-hydrogen) atoms. The van der Waals surface area contributed by atoms with E-state index in [0.29, 0.717) is 12.2 Å². The standard InChI is InChI=1S/C24H29N5O2/c1-5-20-10-6-7-12-22(20)26-23(30)16-28(4)24(31)25-21-11-8-9-19(14-21)15-29-18(3)13-17(2)27-29/h6-14H,5,15-16H2,1-4H3,(H,25,31)(H,26,30). The van der Waals surface area contributed by atoms with Crippen LogP contribution in [0.4, 0.5) is 16.2 Å². The van der Waals surface area contributed by atoms with Crippen molar-refractivity contribution in [1.29, 1.82) is 0 Å². The number of hydrogen-bond donors (Lipinski definition) is 2. The van der Waals surface area contributed by atoms with Crippen LogP contribution >= 0.6 is 0 Å². The van der Waals surface area contributed by atoms with Gasteiger partial charge >= 0.3 is 6.03 Å². The van der Waals surface area contributed by atoms with Crippen LogP contribution in [0.2, 0.25) is 0 Å². The van der Waals surface area contributed by atoms with Crippen molar-refractivity contribution in [1.82, 2.24) is 14.7 Å². The van der Waals surface area contributed by atoms with E-state index in [-0.39, 0.29) is 18.5 Å². The van der Waals surface area contributed by atoms with Crippen LogP contribution in [0.1, 0.15) is 29.4 Å². The Morgan fingerprint density at radius 3 is 2.52 bits per heavy atom. The second-order valence-corrected chi connectivity index (χ2v) is 7.63. The SMILES string of the molecule is CCc1ccccc1NC(=O)CN(C)C(=O)Nc1cccc(Cn2nc(C)cc2C)c1. The molecule has 7 nitrogen and oxygen atoms in total. The van der Waals surface area contributed by atoms with E-state index in [1.807, 2.05) is 80.1 Å². The fourth-order valence-corrected chi connectivity index (χ4v) is 3.40. The molecule has 0 aliphatic carbocycles. The first-order valence-electron chi connectivity index (χ1n) is 10.4. The third kappa shape index (κ3) is 5.94. The zero-order chi connectivity index (χ0) is 22.4. The zero-order valence-corrected chi connectivity index (χ0v) is 18.5. The van der Waals surface area contributed by atoms with Crippen molar-refractivity contribution in [2.75, 3.05) is 24.2 Å². The molecule has 3 amide bonds. The van der Waals surface area contributed by atoms with Crippen LogP contribution in [-0.2, 0) is 17.8 Å². The Bertz CT molecular complexity index is 1070. The number of likely N-dealkylation sites (N-methyl/N-ethyl adjacent to an activating group) is 1. The number of hydrogen-bond acceptors (Lipinski definition) is 3.